The van der Waals surface area contributed by atoms with E-state index in [0.717, 1.165) is 12.8 Å². The van der Waals surface area contributed by atoms with E-state index in [1.54, 1.807) is 4.90 Å². The Hall–Kier alpha value is -1.24. The molecule has 0 bridgehead atoms. The molecule has 2 atom stereocenters. The third kappa shape index (κ3) is 3.41. The van der Waals surface area contributed by atoms with Gasteiger partial charge in [-0.1, -0.05) is 0 Å². The van der Waals surface area contributed by atoms with Gasteiger partial charge in [-0.15, -0.1) is 0 Å². The highest BCUT2D eigenvalue weighted by Gasteiger charge is 2.31. The third-order valence-electron chi connectivity index (χ3n) is 2.69. The minimum absolute atomic E-state index is 0.0775. The molecule has 90 valence electrons. The topological polar surface area (TPSA) is 53.3 Å². The fraction of sp³-hybridized carbons (Fsp3) is 0.833. The second-order valence-electron chi connectivity index (χ2n) is 5.37. The van der Waals surface area contributed by atoms with Crippen molar-refractivity contribution in [1.82, 2.24) is 4.90 Å². The number of carbonyl (C=O) groups excluding carboxylic acids is 1. The summed E-state index contributed by atoms with van der Waals surface area (Å²) in [4.78, 5) is 13.6. The van der Waals surface area contributed by atoms with Gasteiger partial charge in [0.2, 0.25) is 0 Å². The van der Waals surface area contributed by atoms with Crippen molar-refractivity contribution in [2.24, 2.45) is 5.92 Å². The maximum absolute atomic E-state index is 11.8. The fourth-order valence-corrected chi connectivity index (χ4v) is 1.88. The molecule has 0 unspecified atom stereocenters. The lowest BCUT2D eigenvalue weighted by Crippen LogP contribution is -2.46. The quantitative estimate of drug-likeness (QED) is 0.635. The zero-order chi connectivity index (χ0) is 12.3. The first kappa shape index (κ1) is 12.8. The Bertz CT molecular complexity index is 301. The Morgan fingerprint density at radius 2 is 2.12 bits per heavy atom. The lowest BCUT2D eigenvalue weighted by molar-refractivity contribution is 0.00947. The second-order valence-corrected chi connectivity index (χ2v) is 5.37. The van der Waals surface area contributed by atoms with E-state index >= 15 is 0 Å². The average Bonchev–Trinajstić information content (AvgIpc) is 2.14. The van der Waals surface area contributed by atoms with Gasteiger partial charge < -0.3 is 9.64 Å². The lowest BCUT2D eigenvalue weighted by atomic mass is 9.93. The molecule has 0 aromatic heterocycles. The zero-order valence-corrected chi connectivity index (χ0v) is 10.5. The summed E-state index contributed by atoms with van der Waals surface area (Å²) in [5.74, 6) is 0.0775. The van der Waals surface area contributed by atoms with Gasteiger partial charge in [-0.05, 0) is 40.5 Å². The molecule has 1 saturated heterocycles. The highest BCUT2D eigenvalue weighted by Crippen LogP contribution is 2.23. The van der Waals surface area contributed by atoms with Crippen LogP contribution in [0.1, 0.15) is 40.5 Å². The van der Waals surface area contributed by atoms with Gasteiger partial charge in [0, 0.05) is 18.5 Å². The first-order valence-electron chi connectivity index (χ1n) is 5.72. The molecule has 0 aliphatic carbocycles. The van der Waals surface area contributed by atoms with E-state index in [-0.39, 0.29) is 18.1 Å². The van der Waals surface area contributed by atoms with Gasteiger partial charge in [0.25, 0.3) is 0 Å². The molecule has 0 aromatic rings. The molecule has 0 spiro atoms. The summed E-state index contributed by atoms with van der Waals surface area (Å²) in [5.41, 5.74) is -0.455. The smallest absolute Gasteiger partial charge is 0.410 e. The first-order chi connectivity index (χ1) is 7.33. The molecular weight excluding hydrogens is 204 g/mol. The van der Waals surface area contributed by atoms with E-state index in [9.17, 15) is 4.79 Å². The van der Waals surface area contributed by atoms with Crippen molar-refractivity contribution < 1.29 is 9.53 Å². The van der Waals surface area contributed by atoms with Crippen LogP contribution in [0.4, 0.5) is 4.79 Å². The summed E-state index contributed by atoms with van der Waals surface area (Å²) < 4.78 is 5.32. The molecule has 16 heavy (non-hydrogen) atoms. The van der Waals surface area contributed by atoms with E-state index < -0.39 is 5.60 Å². The van der Waals surface area contributed by atoms with Crippen molar-refractivity contribution in [3.63, 3.8) is 0 Å². The van der Waals surface area contributed by atoms with Crippen LogP contribution in [-0.2, 0) is 4.74 Å². The van der Waals surface area contributed by atoms with Gasteiger partial charge in [0.15, 0.2) is 0 Å². The van der Waals surface area contributed by atoms with Gasteiger partial charge in [-0.25, -0.2) is 4.79 Å². The van der Waals surface area contributed by atoms with Crippen molar-refractivity contribution in [3.8, 4) is 6.07 Å². The normalized spacial score (nSPS) is 26.1. The summed E-state index contributed by atoms with van der Waals surface area (Å²) >= 11 is 0. The van der Waals surface area contributed by atoms with Gasteiger partial charge in [0.1, 0.15) is 5.60 Å². The summed E-state index contributed by atoms with van der Waals surface area (Å²) in [6.07, 6.45) is 1.23. The minimum Gasteiger partial charge on any atom is -0.444 e. The number of ether oxygens (including phenoxy) is 1. The minimum atomic E-state index is -0.455. The Kier molecular flexibility index (Phi) is 3.79. The van der Waals surface area contributed by atoms with Crippen LogP contribution in [0.2, 0.25) is 0 Å². The number of nitriles is 1. The standard InChI is InChI=1S/C12H20N2O2/c1-9-7-10(8-13)5-6-14(9)11(15)16-12(2,3)4/h9-10H,5-7H2,1-4H3/t9-,10+/m0/s1. The maximum atomic E-state index is 11.8. The Balaban J connectivity index is 2.56. The first-order valence-corrected chi connectivity index (χ1v) is 5.72. The largest absolute Gasteiger partial charge is 0.444 e. The van der Waals surface area contributed by atoms with E-state index in [2.05, 4.69) is 6.07 Å². The number of amides is 1. The molecule has 0 radical (unpaired) electrons. The number of nitrogens with zero attached hydrogens (tertiary/aromatic N) is 2. The van der Waals surface area contributed by atoms with E-state index in [0.29, 0.717) is 6.54 Å². The molecular formula is C12H20N2O2. The molecule has 1 amide bonds. The van der Waals surface area contributed by atoms with E-state index in [1.165, 1.54) is 0 Å². The van der Waals surface area contributed by atoms with Crippen molar-refractivity contribution in [2.45, 2.75) is 52.2 Å². The van der Waals surface area contributed by atoms with Crippen molar-refractivity contribution in [1.29, 1.82) is 5.26 Å². The second kappa shape index (κ2) is 4.73. The molecule has 0 aromatic carbocycles. The average molecular weight is 224 g/mol. The predicted molar refractivity (Wildman–Crippen MR) is 60.7 cm³/mol. The molecule has 0 N–H and O–H groups in total. The maximum Gasteiger partial charge on any atom is 0.410 e. The van der Waals surface area contributed by atoms with Gasteiger partial charge >= 0.3 is 6.09 Å². The van der Waals surface area contributed by atoms with Crippen LogP contribution in [0, 0.1) is 17.2 Å². The van der Waals surface area contributed by atoms with Crippen molar-refractivity contribution in [3.05, 3.63) is 0 Å². The highest BCUT2D eigenvalue weighted by atomic mass is 16.6. The number of hydrogen-bond acceptors (Lipinski definition) is 3. The van der Waals surface area contributed by atoms with Crippen molar-refractivity contribution in [2.75, 3.05) is 6.54 Å². The zero-order valence-electron chi connectivity index (χ0n) is 10.5. The molecule has 1 rings (SSSR count). The number of hydrogen-bond donors (Lipinski definition) is 0. The molecule has 4 heteroatoms. The Morgan fingerprint density at radius 3 is 2.56 bits per heavy atom. The summed E-state index contributed by atoms with van der Waals surface area (Å²) in [6.45, 7) is 8.16. The van der Waals surface area contributed by atoms with E-state index in [4.69, 9.17) is 10.00 Å². The molecule has 4 nitrogen and oxygen atoms in total. The SMILES string of the molecule is C[C@H]1C[C@H](C#N)CCN1C(=O)OC(C)(C)C. The van der Waals surface area contributed by atoms with Crippen LogP contribution in [0.15, 0.2) is 0 Å². The fourth-order valence-electron chi connectivity index (χ4n) is 1.88. The summed E-state index contributed by atoms with van der Waals surface area (Å²) in [5, 5.41) is 8.84. The van der Waals surface area contributed by atoms with E-state index in [1.807, 2.05) is 27.7 Å². The molecule has 0 saturated carbocycles. The number of rotatable bonds is 0. The number of piperidine rings is 1. The molecule has 1 aliphatic rings. The van der Waals surface area contributed by atoms with Crippen LogP contribution in [0.5, 0.6) is 0 Å². The molecule has 1 heterocycles. The Labute approximate surface area is 97.2 Å². The van der Waals surface area contributed by atoms with Crippen LogP contribution in [0.3, 0.4) is 0 Å². The monoisotopic (exact) mass is 224 g/mol. The number of likely N-dealkylation sites (tertiary alicyclic amines) is 1. The third-order valence-corrected chi connectivity index (χ3v) is 2.69. The molecule has 1 aliphatic heterocycles. The van der Waals surface area contributed by atoms with Gasteiger partial charge in [-0.3, -0.25) is 0 Å². The summed E-state index contributed by atoms with van der Waals surface area (Å²) in [6, 6.07) is 2.35. The highest BCUT2D eigenvalue weighted by molar-refractivity contribution is 5.68. The van der Waals surface area contributed by atoms with Gasteiger partial charge in [0.05, 0.1) is 6.07 Å². The molecule has 1 fully saturated rings. The Morgan fingerprint density at radius 1 is 1.50 bits per heavy atom. The van der Waals surface area contributed by atoms with Crippen LogP contribution < -0.4 is 0 Å². The van der Waals surface area contributed by atoms with Crippen LogP contribution in [0.25, 0.3) is 0 Å². The van der Waals surface area contributed by atoms with Crippen molar-refractivity contribution >= 4 is 6.09 Å². The van der Waals surface area contributed by atoms with Crippen LogP contribution in [-0.4, -0.2) is 29.2 Å². The predicted octanol–water partition coefficient (Wildman–Crippen LogP) is 2.55. The lowest BCUT2D eigenvalue weighted by Gasteiger charge is -2.36. The van der Waals surface area contributed by atoms with Crippen LogP contribution >= 0.6 is 0 Å². The van der Waals surface area contributed by atoms with Gasteiger partial charge in [-0.2, -0.15) is 5.26 Å². The summed E-state index contributed by atoms with van der Waals surface area (Å²) in [7, 11) is 0. The number of carbonyl (C=O) groups is 1.